The topological polar surface area (TPSA) is 71.1 Å². The number of benzene rings is 2. The van der Waals surface area contributed by atoms with Crippen LogP contribution in [0.25, 0.3) is 6.08 Å². The first kappa shape index (κ1) is 20.0. The van der Waals surface area contributed by atoms with Gasteiger partial charge in [0.1, 0.15) is 12.5 Å². The van der Waals surface area contributed by atoms with Gasteiger partial charge in [0, 0.05) is 6.08 Å². The summed E-state index contributed by atoms with van der Waals surface area (Å²) in [6.45, 7) is -0.105. The molecule has 0 saturated heterocycles. The predicted molar refractivity (Wildman–Crippen MR) is 101 cm³/mol. The lowest BCUT2D eigenvalue weighted by Crippen LogP contribution is -2.21. The molecular formula is C21H22O6. The van der Waals surface area contributed by atoms with Crippen LogP contribution in [-0.2, 0) is 19.1 Å². The quantitative estimate of drug-likeness (QED) is 0.525. The standard InChI is InChI=1S/C21H22O6/c1-24-18-11-9-15(13-19(18)25-2)10-12-20(22)27-14-17(21(23)26-3)16-7-5-4-6-8-16/h4-13,17H,14H2,1-3H3/b12-10+. The number of esters is 2. The van der Waals surface area contributed by atoms with Crippen LogP contribution >= 0.6 is 0 Å². The number of carbonyl (C=O) groups is 2. The Morgan fingerprint density at radius 3 is 2.30 bits per heavy atom. The highest BCUT2D eigenvalue weighted by Crippen LogP contribution is 2.28. The number of hydrogen-bond donors (Lipinski definition) is 0. The van der Waals surface area contributed by atoms with Gasteiger partial charge in [-0.25, -0.2) is 4.79 Å². The Bertz CT molecular complexity index is 798. The van der Waals surface area contributed by atoms with Crippen molar-refractivity contribution in [3.05, 3.63) is 65.7 Å². The number of ether oxygens (including phenoxy) is 4. The molecule has 6 nitrogen and oxygen atoms in total. The summed E-state index contributed by atoms with van der Waals surface area (Å²) in [6.07, 6.45) is 2.89. The number of carbonyl (C=O) groups excluding carboxylic acids is 2. The van der Waals surface area contributed by atoms with E-state index in [2.05, 4.69) is 0 Å². The van der Waals surface area contributed by atoms with Crippen molar-refractivity contribution < 1.29 is 28.5 Å². The molecule has 1 atom stereocenters. The van der Waals surface area contributed by atoms with E-state index in [-0.39, 0.29) is 6.61 Å². The van der Waals surface area contributed by atoms with Crippen LogP contribution in [0.15, 0.2) is 54.6 Å². The summed E-state index contributed by atoms with van der Waals surface area (Å²) in [5.41, 5.74) is 1.47. The van der Waals surface area contributed by atoms with Crippen LogP contribution in [0.1, 0.15) is 17.0 Å². The minimum Gasteiger partial charge on any atom is -0.493 e. The molecule has 27 heavy (non-hydrogen) atoms. The minimum absolute atomic E-state index is 0.105. The molecule has 142 valence electrons. The highest BCUT2D eigenvalue weighted by molar-refractivity contribution is 5.87. The SMILES string of the molecule is COC(=O)C(COC(=O)/C=C/c1ccc(OC)c(OC)c1)c1ccccc1. The van der Waals surface area contributed by atoms with E-state index >= 15 is 0 Å². The van der Waals surface area contributed by atoms with E-state index in [1.807, 2.05) is 18.2 Å². The van der Waals surface area contributed by atoms with E-state index in [9.17, 15) is 9.59 Å². The molecule has 0 aliphatic rings. The number of rotatable bonds is 8. The molecule has 0 heterocycles. The van der Waals surface area contributed by atoms with Crippen molar-refractivity contribution in [1.29, 1.82) is 0 Å². The van der Waals surface area contributed by atoms with Gasteiger partial charge in [-0.05, 0) is 29.3 Å². The lowest BCUT2D eigenvalue weighted by molar-refractivity contribution is -0.147. The van der Waals surface area contributed by atoms with Crippen LogP contribution in [0, 0.1) is 0 Å². The van der Waals surface area contributed by atoms with Crippen molar-refractivity contribution in [2.45, 2.75) is 5.92 Å². The molecule has 2 aromatic rings. The van der Waals surface area contributed by atoms with Gasteiger partial charge in [-0.2, -0.15) is 0 Å². The molecule has 2 rings (SSSR count). The van der Waals surface area contributed by atoms with Crippen LogP contribution in [0.3, 0.4) is 0 Å². The smallest absolute Gasteiger partial charge is 0.330 e. The molecule has 0 saturated carbocycles. The molecule has 0 spiro atoms. The van der Waals surface area contributed by atoms with Crippen LogP contribution in [0.5, 0.6) is 11.5 Å². The van der Waals surface area contributed by atoms with E-state index in [0.717, 1.165) is 11.1 Å². The molecule has 0 radical (unpaired) electrons. The van der Waals surface area contributed by atoms with E-state index in [0.29, 0.717) is 11.5 Å². The fraction of sp³-hybridized carbons (Fsp3) is 0.238. The summed E-state index contributed by atoms with van der Waals surface area (Å²) in [5.74, 6) is -0.536. The van der Waals surface area contributed by atoms with Gasteiger partial charge in [0.2, 0.25) is 0 Å². The fourth-order valence-corrected chi connectivity index (χ4v) is 2.46. The second-order valence-corrected chi connectivity index (χ2v) is 5.56. The number of methoxy groups -OCH3 is 3. The van der Waals surface area contributed by atoms with Gasteiger partial charge in [0.05, 0.1) is 21.3 Å². The molecule has 0 bridgehead atoms. The summed E-state index contributed by atoms with van der Waals surface area (Å²) in [4.78, 5) is 24.0. The molecule has 1 unspecified atom stereocenters. The molecule has 0 amide bonds. The van der Waals surface area contributed by atoms with Crippen molar-refractivity contribution in [3.8, 4) is 11.5 Å². The van der Waals surface area contributed by atoms with Gasteiger partial charge in [0.25, 0.3) is 0 Å². The Morgan fingerprint density at radius 1 is 0.963 bits per heavy atom. The van der Waals surface area contributed by atoms with Crippen molar-refractivity contribution in [2.75, 3.05) is 27.9 Å². The molecular weight excluding hydrogens is 348 g/mol. The molecule has 2 aromatic carbocycles. The van der Waals surface area contributed by atoms with Crippen LogP contribution < -0.4 is 9.47 Å². The average molecular weight is 370 g/mol. The monoisotopic (exact) mass is 370 g/mol. The Labute approximate surface area is 158 Å². The third kappa shape index (κ3) is 5.60. The lowest BCUT2D eigenvalue weighted by atomic mass is 10.0. The second kappa shape index (κ2) is 10.0. The minimum atomic E-state index is -0.672. The average Bonchev–Trinajstić information content (AvgIpc) is 2.72. The van der Waals surface area contributed by atoms with Gasteiger partial charge in [-0.3, -0.25) is 4.79 Å². The van der Waals surface area contributed by atoms with Crippen LogP contribution in [0.2, 0.25) is 0 Å². The Hall–Kier alpha value is -3.28. The maximum Gasteiger partial charge on any atom is 0.330 e. The molecule has 0 N–H and O–H groups in total. The predicted octanol–water partition coefficient (Wildman–Crippen LogP) is 3.22. The van der Waals surface area contributed by atoms with E-state index in [1.165, 1.54) is 20.3 Å². The third-order valence-electron chi connectivity index (χ3n) is 3.90. The summed E-state index contributed by atoms with van der Waals surface area (Å²) >= 11 is 0. The van der Waals surface area contributed by atoms with Crippen molar-refractivity contribution in [1.82, 2.24) is 0 Å². The summed E-state index contributed by atoms with van der Waals surface area (Å²) in [7, 11) is 4.39. The van der Waals surface area contributed by atoms with Gasteiger partial charge >= 0.3 is 11.9 Å². The first-order valence-corrected chi connectivity index (χ1v) is 8.28. The zero-order chi connectivity index (χ0) is 19.6. The van der Waals surface area contributed by atoms with E-state index in [4.69, 9.17) is 18.9 Å². The second-order valence-electron chi connectivity index (χ2n) is 5.56. The van der Waals surface area contributed by atoms with E-state index < -0.39 is 17.9 Å². The Kier molecular flexibility index (Phi) is 7.43. The van der Waals surface area contributed by atoms with Gasteiger partial charge in [0.15, 0.2) is 11.5 Å². The van der Waals surface area contributed by atoms with Gasteiger partial charge in [-0.15, -0.1) is 0 Å². The molecule has 0 fully saturated rings. The third-order valence-corrected chi connectivity index (χ3v) is 3.90. The normalized spacial score (nSPS) is 11.7. The summed E-state index contributed by atoms with van der Waals surface area (Å²) in [6, 6.07) is 14.3. The summed E-state index contributed by atoms with van der Waals surface area (Å²) in [5, 5.41) is 0. The maximum atomic E-state index is 12.0. The largest absolute Gasteiger partial charge is 0.493 e. The van der Waals surface area contributed by atoms with Crippen molar-refractivity contribution in [2.24, 2.45) is 0 Å². The van der Waals surface area contributed by atoms with E-state index in [1.54, 1.807) is 43.5 Å². The first-order chi connectivity index (χ1) is 13.1. The van der Waals surface area contributed by atoms with Crippen LogP contribution in [0.4, 0.5) is 0 Å². The lowest BCUT2D eigenvalue weighted by Gasteiger charge is -2.14. The maximum absolute atomic E-state index is 12.0. The summed E-state index contributed by atoms with van der Waals surface area (Å²) < 4.78 is 20.4. The van der Waals surface area contributed by atoms with Crippen LogP contribution in [-0.4, -0.2) is 39.9 Å². The molecule has 0 aromatic heterocycles. The zero-order valence-electron chi connectivity index (χ0n) is 15.5. The van der Waals surface area contributed by atoms with Crippen molar-refractivity contribution >= 4 is 18.0 Å². The first-order valence-electron chi connectivity index (χ1n) is 8.28. The Balaban J connectivity index is 2.01. The highest BCUT2D eigenvalue weighted by Gasteiger charge is 2.22. The Morgan fingerprint density at radius 2 is 1.67 bits per heavy atom. The highest BCUT2D eigenvalue weighted by atomic mass is 16.5. The van der Waals surface area contributed by atoms with Gasteiger partial charge in [-0.1, -0.05) is 36.4 Å². The van der Waals surface area contributed by atoms with Crippen molar-refractivity contribution in [3.63, 3.8) is 0 Å². The van der Waals surface area contributed by atoms with Gasteiger partial charge < -0.3 is 18.9 Å². The fourth-order valence-electron chi connectivity index (χ4n) is 2.46. The molecule has 0 aliphatic carbocycles. The zero-order valence-corrected chi connectivity index (χ0v) is 15.5. The molecule has 6 heteroatoms. The number of hydrogen-bond acceptors (Lipinski definition) is 6. The molecule has 0 aliphatic heterocycles.